The average Bonchev–Trinajstić information content (AvgIpc) is 2.30. The molecule has 0 bridgehead atoms. The fraction of sp³-hybridized carbons (Fsp3) is 1.00. The Balaban J connectivity index is 2.62. The van der Waals surface area contributed by atoms with Gasteiger partial charge in [0.2, 0.25) is 0 Å². The molecule has 12 heavy (non-hydrogen) atoms. The molecule has 0 amide bonds. The molecule has 1 aliphatic rings. The lowest BCUT2D eigenvalue weighted by Crippen LogP contribution is -2.38. The summed E-state index contributed by atoms with van der Waals surface area (Å²) in [5.41, 5.74) is 0. The number of rotatable bonds is 2. The molecule has 0 saturated heterocycles. The summed E-state index contributed by atoms with van der Waals surface area (Å²) in [6, 6.07) is 1.31. The molecule has 3 nitrogen and oxygen atoms in total. The van der Waals surface area contributed by atoms with E-state index in [1.165, 1.54) is 0 Å². The van der Waals surface area contributed by atoms with Gasteiger partial charge in [-0.3, -0.25) is 5.01 Å². The summed E-state index contributed by atoms with van der Waals surface area (Å²) >= 11 is 0. The monoisotopic (exact) mass is 169 g/mol. The highest BCUT2D eigenvalue weighted by Gasteiger charge is 2.31. The standard InChI is InChI=1S/C9H19N3/c1-6(2)9-8(5)12(7(3)4)11-10-9/h6-9H,1-5H3. The van der Waals surface area contributed by atoms with E-state index in [0.717, 1.165) is 0 Å². The molecule has 0 aliphatic carbocycles. The van der Waals surface area contributed by atoms with Crippen molar-refractivity contribution in [3.05, 3.63) is 0 Å². The van der Waals surface area contributed by atoms with Crippen molar-refractivity contribution in [3.8, 4) is 0 Å². The Kier molecular flexibility index (Phi) is 2.70. The van der Waals surface area contributed by atoms with Crippen molar-refractivity contribution in [1.29, 1.82) is 0 Å². The first-order valence-corrected chi connectivity index (χ1v) is 4.73. The van der Waals surface area contributed by atoms with E-state index in [1.54, 1.807) is 0 Å². The number of nitrogens with zero attached hydrogens (tertiary/aromatic N) is 3. The molecular weight excluding hydrogens is 150 g/mol. The first-order valence-electron chi connectivity index (χ1n) is 4.73. The summed E-state index contributed by atoms with van der Waals surface area (Å²) in [6.07, 6.45) is 0. The van der Waals surface area contributed by atoms with E-state index in [2.05, 4.69) is 50.0 Å². The molecule has 1 heterocycles. The van der Waals surface area contributed by atoms with Crippen LogP contribution in [0.4, 0.5) is 0 Å². The molecule has 0 aromatic heterocycles. The lowest BCUT2D eigenvalue weighted by atomic mass is 9.98. The van der Waals surface area contributed by atoms with Crippen molar-refractivity contribution in [2.45, 2.75) is 52.7 Å². The third-order valence-electron chi connectivity index (χ3n) is 2.41. The smallest absolute Gasteiger partial charge is 0.0969 e. The second kappa shape index (κ2) is 3.42. The summed E-state index contributed by atoms with van der Waals surface area (Å²) < 4.78 is 0. The normalized spacial score (nSPS) is 29.4. The molecule has 3 heteroatoms. The van der Waals surface area contributed by atoms with Crippen LogP contribution in [0.25, 0.3) is 0 Å². The highest BCUT2D eigenvalue weighted by molar-refractivity contribution is 4.86. The van der Waals surface area contributed by atoms with Gasteiger partial charge in [0.25, 0.3) is 0 Å². The third-order valence-corrected chi connectivity index (χ3v) is 2.41. The highest BCUT2D eigenvalue weighted by Crippen LogP contribution is 2.24. The molecule has 0 spiro atoms. The quantitative estimate of drug-likeness (QED) is 0.624. The molecular formula is C9H19N3. The van der Waals surface area contributed by atoms with E-state index in [9.17, 15) is 0 Å². The van der Waals surface area contributed by atoms with Crippen molar-refractivity contribution < 1.29 is 0 Å². The Morgan fingerprint density at radius 3 is 2.00 bits per heavy atom. The van der Waals surface area contributed by atoms with E-state index in [-0.39, 0.29) is 0 Å². The van der Waals surface area contributed by atoms with Crippen molar-refractivity contribution in [1.82, 2.24) is 5.01 Å². The molecule has 1 aliphatic heterocycles. The van der Waals surface area contributed by atoms with Crippen LogP contribution in [0.15, 0.2) is 10.3 Å². The van der Waals surface area contributed by atoms with Gasteiger partial charge in [-0.15, -0.1) is 0 Å². The maximum Gasteiger partial charge on any atom is 0.0969 e. The summed E-state index contributed by atoms with van der Waals surface area (Å²) in [7, 11) is 0. The van der Waals surface area contributed by atoms with Gasteiger partial charge in [-0.2, -0.15) is 5.11 Å². The van der Waals surface area contributed by atoms with Gasteiger partial charge in [0.15, 0.2) is 0 Å². The second-order valence-electron chi connectivity index (χ2n) is 4.15. The van der Waals surface area contributed by atoms with Crippen LogP contribution in [0.2, 0.25) is 0 Å². The maximum absolute atomic E-state index is 4.27. The van der Waals surface area contributed by atoms with Crippen molar-refractivity contribution >= 4 is 0 Å². The van der Waals surface area contributed by atoms with Crippen LogP contribution in [-0.4, -0.2) is 23.1 Å². The van der Waals surface area contributed by atoms with Gasteiger partial charge in [-0.1, -0.05) is 19.1 Å². The molecule has 0 N–H and O–H groups in total. The largest absolute Gasteiger partial charge is 0.271 e. The molecule has 2 atom stereocenters. The number of hydrogen-bond acceptors (Lipinski definition) is 3. The topological polar surface area (TPSA) is 28.0 Å². The molecule has 0 radical (unpaired) electrons. The Morgan fingerprint density at radius 2 is 1.75 bits per heavy atom. The SMILES string of the molecule is CC(C)C1N=NN(C(C)C)C1C. The Labute approximate surface area is 74.8 Å². The molecule has 2 unspecified atom stereocenters. The fourth-order valence-electron chi connectivity index (χ4n) is 1.72. The summed E-state index contributed by atoms with van der Waals surface area (Å²) in [5, 5.41) is 10.5. The van der Waals surface area contributed by atoms with E-state index < -0.39 is 0 Å². The van der Waals surface area contributed by atoms with Crippen LogP contribution < -0.4 is 0 Å². The summed E-state index contributed by atoms with van der Waals surface area (Å²) in [4.78, 5) is 0. The lowest BCUT2D eigenvalue weighted by Gasteiger charge is -2.26. The van der Waals surface area contributed by atoms with Gasteiger partial charge < -0.3 is 0 Å². The molecule has 0 aromatic carbocycles. The van der Waals surface area contributed by atoms with E-state index in [4.69, 9.17) is 0 Å². The van der Waals surface area contributed by atoms with Crippen LogP contribution in [0, 0.1) is 5.92 Å². The third kappa shape index (κ3) is 1.59. The minimum Gasteiger partial charge on any atom is -0.271 e. The van der Waals surface area contributed by atoms with Gasteiger partial charge in [0.05, 0.1) is 12.1 Å². The molecule has 70 valence electrons. The Hall–Kier alpha value is -0.600. The van der Waals surface area contributed by atoms with E-state index >= 15 is 0 Å². The average molecular weight is 169 g/mol. The van der Waals surface area contributed by atoms with Gasteiger partial charge in [0, 0.05) is 6.04 Å². The lowest BCUT2D eigenvalue weighted by molar-refractivity contribution is 0.176. The zero-order valence-corrected chi connectivity index (χ0v) is 8.65. The van der Waals surface area contributed by atoms with E-state index in [1.807, 2.05) is 0 Å². The van der Waals surface area contributed by atoms with Gasteiger partial charge in [-0.05, 0) is 26.7 Å². The first-order chi connectivity index (χ1) is 5.54. The van der Waals surface area contributed by atoms with Gasteiger partial charge in [-0.25, -0.2) is 0 Å². The fourth-order valence-corrected chi connectivity index (χ4v) is 1.72. The zero-order valence-electron chi connectivity index (χ0n) is 8.65. The summed E-state index contributed by atoms with van der Waals surface area (Å²) in [5.74, 6) is 0.590. The number of hydrogen-bond donors (Lipinski definition) is 0. The van der Waals surface area contributed by atoms with Crippen molar-refractivity contribution in [2.75, 3.05) is 0 Å². The van der Waals surface area contributed by atoms with Crippen LogP contribution in [-0.2, 0) is 0 Å². The van der Waals surface area contributed by atoms with Crippen LogP contribution in [0.3, 0.4) is 0 Å². The van der Waals surface area contributed by atoms with Crippen LogP contribution in [0.1, 0.15) is 34.6 Å². The van der Waals surface area contributed by atoms with Crippen LogP contribution in [0.5, 0.6) is 0 Å². The van der Waals surface area contributed by atoms with Crippen molar-refractivity contribution in [3.63, 3.8) is 0 Å². The van der Waals surface area contributed by atoms with Crippen molar-refractivity contribution in [2.24, 2.45) is 16.3 Å². The first kappa shape index (κ1) is 9.49. The second-order valence-corrected chi connectivity index (χ2v) is 4.15. The molecule has 1 rings (SSSR count). The Bertz CT molecular complexity index is 157. The maximum atomic E-state index is 4.27. The predicted octanol–water partition coefficient (Wildman–Crippen LogP) is 2.49. The summed E-state index contributed by atoms with van der Waals surface area (Å²) in [6.45, 7) is 10.9. The van der Waals surface area contributed by atoms with Crippen LogP contribution >= 0.6 is 0 Å². The van der Waals surface area contributed by atoms with Gasteiger partial charge >= 0.3 is 0 Å². The minimum absolute atomic E-state index is 0.382. The molecule has 0 aromatic rings. The van der Waals surface area contributed by atoms with Gasteiger partial charge in [0.1, 0.15) is 0 Å². The molecule has 0 fully saturated rings. The predicted molar refractivity (Wildman–Crippen MR) is 49.9 cm³/mol. The highest BCUT2D eigenvalue weighted by atomic mass is 15.6. The molecule has 0 saturated carbocycles. The van der Waals surface area contributed by atoms with E-state index in [0.29, 0.717) is 24.0 Å². The minimum atomic E-state index is 0.382. The zero-order chi connectivity index (χ0) is 9.30. The Morgan fingerprint density at radius 1 is 1.17 bits per heavy atom.